The van der Waals surface area contributed by atoms with Gasteiger partial charge in [-0.3, -0.25) is 14.5 Å². The van der Waals surface area contributed by atoms with Gasteiger partial charge in [0.1, 0.15) is 18.1 Å². The summed E-state index contributed by atoms with van der Waals surface area (Å²) in [5.41, 5.74) is 1.77. The van der Waals surface area contributed by atoms with Gasteiger partial charge in [0.15, 0.2) is 11.5 Å². The van der Waals surface area contributed by atoms with Crippen molar-refractivity contribution in [1.82, 2.24) is 24.6 Å². The predicted molar refractivity (Wildman–Crippen MR) is 167 cm³/mol. The molecule has 45 heavy (non-hydrogen) atoms. The molecule has 1 saturated heterocycles. The summed E-state index contributed by atoms with van der Waals surface area (Å²) in [6, 6.07) is 15.8. The minimum absolute atomic E-state index is 0.0704. The lowest BCUT2D eigenvalue weighted by atomic mass is 10.0. The maximum Gasteiger partial charge on any atom is 0.249 e. The molecule has 6 rings (SSSR count). The number of hydrogen-bond donors (Lipinski definition) is 3. The van der Waals surface area contributed by atoms with Gasteiger partial charge >= 0.3 is 0 Å². The number of piperidine rings is 1. The summed E-state index contributed by atoms with van der Waals surface area (Å²) in [4.78, 5) is 29.8. The van der Waals surface area contributed by atoms with Gasteiger partial charge in [-0.2, -0.15) is 4.31 Å². The van der Waals surface area contributed by atoms with Crippen molar-refractivity contribution in [3.63, 3.8) is 0 Å². The van der Waals surface area contributed by atoms with Crippen molar-refractivity contribution < 1.29 is 28.2 Å². The van der Waals surface area contributed by atoms with E-state index in [1.165, 1.54) is 56.4 Å². The molecule has 1 saturated carbocycles. The number of rotatable bonds is 9. The first-order valence-corrected chi connectivity index (χ1v) is 16.7. The Hall–Kier alpha value is -4.49. The Morgan fingerprint density at radius 2 is 1.62 bits per heavy atom. The molecule has 1 aliphatic carbocycles. The number of fused-ring (bicyclic) bond motifs is 1. The second-order valence-electron chi connectivity index (χ2n) is 11.6. The number of benzene rings is 3. The van der Waals surface area contributed by atoms with Gasteiger partial charge in [-0.05, 0) is 79.8 Å². The van der Waals surface area contributed by atoms with Gasteiger partial charge in [0.25, 0.3) is 0 Å². The van der Waals surface area contributed by atoms with Crippen molar-refractivity contribution in [3.8, 4) is 11.5 Å². The van der Waals surface area contributed by atoms with Crippen molar-refractivity contribution in [2.75, 3.05) is 18.0 Å². The maximum absolute atomic E-state index is 14.3. The van der Waals surface area contributed by atoms with Gasteiger partial charge in [-0.25, -0.2) is 13.1 Å². The van der Waals surface area contributed by atoms with Gasteiger partial charge in [0.2, 0.25) is 21.8 Å². The van der Waals surface area contributed by atoms with E-state index in [-0.39, 0.29) is 34.5 Å². The second-order valence-corrected chi connectivity index (χ2v) is 13.5. The van der Waals surface area contributed by atoms with Crippen LogP contribution in [0.5, 0.6) is 11.5 Å². The first kappa shape index (κ1) is 30.5. The fourth-order valence-electron chi connectivity index (χ4n) is 6.19. The van der Waals surface area contributed by atoms with E-state index in [9.17, 15) is 28.2 Å². The summed E-state index contributed by atoms with van der Waals surface area (Å²) in [6.07, 6.45) is 6.15. The highest BCUT2D eigenvalue weighted by molar-refractivity contribution is 7.89. The molecule has 0 bridgehead atoms. The fourth-order valence-corrected chi connectivity index (χ4v) is 7.70. The van der Waals surface area contributed by atoms with Crippen molar-refractivity contribution >= 4 is 38.6 Å². The van der Waals surface area contributed by atoms with E-state index >= 15 is 0 Å². The van der Waals surface area contributed by atoms with Crippen molar-refractivity contribution in [2.45, 2.75) is 68.5 Å². The monoisotopic (exact) mass is 632 g/mol. The summed E-state index contributed by atoms with van der Waals surface area (Å²) >= 11 is 0. The molecule has 3 N–H and O–H groups in total. The van der Waals surface area contributed by atoms with E-state index in [2.05, 4.69) is 15.6 Å². The molecule has 2 heterocycles. The Morgan fingerprint density at radius 1 is 0.911 bits per heavy atom. The number of sulfonamides is 1. The Morgan fingerprint density at radius 3 is 2.33 bits per heavy atom. The number of nitrogens with zero attached hydrogens (tertiary/aromatic N) is 5. The number of para-hydroxylation sites is 1. The minimum Gasteiger partial charge on any atom is -0.504 e. The molecule has 1 aliphatic heterocycles. The molecule has 13 heteroatoms. The zero-order valence-electron chi connectivity index (χ0n) is 24.7. The molecule has 2 fully saturated rings. The van der Waals surface area contributed by atoms with Gasteiger partial charge < -0.3 is 15.5 Å². The molecule has 236 valence electrons. The summed E-state index contributed by atoms with van der Waals surface area (Å²) in [6.45, 7) is 0.633. The highest BCUT2D eigenvalue weighted by Crippen LogP contribution is 2.35. The van der Waals surface area contributed by atoms with Crippen LogP contribution in [0.25, 0.3) is 11.0 Å². The molecule has 3 aromatic carbocycles. The number of aromatic hydroxyl groups is 2. The van der Waals surface area contributed by atoms with Crippen LogP contribution in [-0.2, 0) is 26.2 Å². The molecule has 12 nitrogen and oxygen atoms in total. The van der Waals surface area contributed by atoms with Crippen molar-refractivity contribution in [2.24, 2.45) is 0 Å². The van der Waals surface area contributed by atoms with Gasteiger partial charge in [-0.1, -0.05) is 42.7 Å². The van der Waals surface area contributed by atoms with E-state index in [4.69, 9.17) is 0 Å². The Kier molecular flexibility index (Phi) is 8.72. The SMILES string of the molecule is O=C(NC1CCCC1)[C@H](c1ccc(O)c(O)c1)N(C(=O)Cn1nnc2ccccc21)c1ccc(S(=O)(=O)N2CCCCC2)cc1. The van der Waals surface area contributed by atoms with Crippen LogP contribution < -0.4 is 10.2 Å². The number of aromatic nitrogens is 3. The van der Waals surface area contributed by atoms with E-state index < -0.39 is 33.6 Å². The van der Waals surface area contributed by atoms with Crippen LogP contribution in [0, 0.1) is 0 Å². The number of phenolic OH excluding ortho intramolecular Hbond substituents is 2. The summed E-state index contributed by atoms with van der Waals surface area (Å²) in [5, 5.41) is 31.8. The first-order chi connectivity index (χ1) is 21.7. The molecule has 2 aliphatic rings. The number of amides is 2. The molecule has 0 radical (unpaired) electrons. The zero-order valence-corrected chi connectivity index (χ0v) is 25.6. The lowest BCUT2D eigenvalue weighted by Gasteiger charge is -2.33. The van der Waals surface area contributed by atoms with Crippen LogP contribution in [0.3, 0.4) is 0 Å². The quantitative estimate of drug-likeness (QED) is 0.235. The third-order valence-corrected chi connectivity index (χ3v) is 10.5. The normalized spacial score (nSPS) is 16.9. The lowest BCUT2D eigenvalue weighted by Crippen LogP contribution is -2.47. The molecule has 1 atom stereocenters. The maximum atomic E-state index is 14.3. The van der Waals surface area contributed by atoms with E-state index in [0.717, 1.165) is 44.9 Å². The third-order valence-electron chi connectivity index (χ3n) is 8.56. The number of carbonyl (C=O) groups excluding carboxylic acids is 2. The molecule has 2 amide bonds. The fraction of sp³-hybridized carbons (Fsp3) is 0.375. The molecule has 0 unspecified atom stereocenters. The molecule has 0 spiro atoms. The Labute approximate surface area is 261 Å². The molecular weight excluding hydrogens is 596 g/mol. The summed E-state index contributed by atoms with van der Waals surface area (Å²) in [7, 11) is -3.74. The van der Waals surface area contributed by atoms with Crippen LogP contribution in [0.15, 0.2) is 71.6 Å². The molecule has 1 aromatic heterocycles. The number of phenols is 2. The van der Waals surface area contributed by atoms with E-state index in [1.54, 1.807) is 12.1 Å². The summed E-state index contributed by atoms with van der Waals surface area (Å²) in [5.74, 6) is -1.79. The second kappa shape index (κ2) is 12.9. The largest absolute Gasteiger partial charge is 0.504 e. The van der Waals surface area contributed by atoms with Crippen molar-refractivity contribution in [1.29, 1.82) is 0 Å². The minimum atomic E-state index is -3.74. The van der Waals surface area contributed by atoms with Gasteiger partial charge in [-0.15, -0.1) is 5.10 Å². The first-order valence-electron chi connectivity index (χ1n) is 15.2. The smallest absolute Gasteiger partial charge is 0.249 e. The lowest BCUT2D eigenvalue weighted by molar-refractivity contribution is -0.127. The standard InChI is InChI=1S/C32H36N6O6S/c39-28-17-12-22(20-29(28)40)31(32(42)33-23-8-2-3-9-23)38(30(41)21-37-27-11-5-4-10-26(27)34-35-37)24-13-15-25(16-14-24)45(43,44)36-18-6-1-7-19-36/h4-5,10-17,20,23,31,39-40H,1-3,6-9,18-19,21H2,(H,33,42)/t31-/m0/s1. The van der Waals surface area contributed by atoms with E-state index in [1.807, 2.05) is 12.1 Å². The summed E-state index contributed by atoms with van der Waals surface area (Å²) < 4.78 is 29.7. The predicted octanol–water partition coefficient (Wildman–Crippen LogP) is 3.85. The average Bonchev–Trinajstić information content (AvgIpc) is 3.72. The van der Waals surface area contributed by atoms with Crippen LogP contribution in [0.1, 0.15) is 56.6 Å². The third kappa shape index (κ3) is 6.36. The Bertz CT molecular complexity index is 1800. The van der Waals surface area contributed by atoms with Crippen molar-refractivity contribution in [3.05, 3.63) is 72.3 Å². The van der Waals surface area contributed by atoms with Crippen LogP contribution >= 0.6 is 0 Å². The highest BCUT2D eigenvalue weighted by Gasteiger charge is 2.36. The van der Waals surface area contributed by atoms with Gasteiger partial charge in [0.05, 0.1) is 10.4 Å². The van der Waals surface area contributed by atoms with Gasteiger partial charge in [0, 0.05) is 24.8 Å². The molecule has 4 aromatic rings. The zero-order chi connectivity index (χ0) is 31.6. The Balaban J connectivity index is 1.42. The number of carbonyl (C=O) groups is 2. The van der Waals surface area contributed by atoms with Crippen LogP contribution in [0.4, 0.5) is 5.69 Å². The highest BCUT2D eigenvalue weighted by atomic mass is 32.2. The van der Waals surface area contributed by atoms with Crippen LogP contribution in [0.2, 0.25) is 0 Å². The number of hydrogen-bond acceptors (Lipinski definition) is 8. The number of nitrogens with one attached hydrogen (secondary N) is 1. The number of anilines is 1. The van der Waals surface area contributed by atoms with E-state index in [0.29, 0.717) is 24.1 Å². The topological polar surface area (TPSA) is 158 Å². The van der Waals surface area contributed by atoms with Crippen LogP contribution in [-0.4, -0.2) is 68.9 Å². The average molecular weight is 633 g/mol. The molecular formula is C32H36N6O6S.